The van der Waals surface area contributed by atoms with Crippen LogP contribution in [0.5, 0.6) is 28.7 Å². The number of esters is 1. The molecule has 0 spiro atoms. The Hall–Kier alpha value is -4.92. The van der Waals surface area contributed by atoms with Crippen LogP contribution in [-0.2, 0) is 28.9 Å². The number of carbonyl (C=O) groups is 1. The monoisotopic (exact) mass is 587 g/mol. The highest BCUT2D eigenvalue weighted by atomic mass is 16.5. The highest BCUT2D eigenvalue weighted by Crippen LogP contribution is 2.42. The molecule has 4 rings (SSSR count). The van der Waals surface area contributed by atoms with Crippen LogP contribution in [0.4, 0.5) is 0 Å². The molecule has 2 N–H and O–H groups in total. The number of hydrogen-bond acceptors (Lipinski definition) is 8. The van der Waals surface area contributed by atoms with Crippen LogP contribution in [0.25, 0.3) is 0 Å². The first-order valence-electron chi connectivity index (χ1n) is 14.0. The van der Waals surface area contributed by atoms with Crippen LogP contribution in [0.3, 0.4) is 0 Å². The second-order valence-electron chi connectivity index (χ2n) is 10.1. The topological polar surface area (TPSA) is 116 Å². The van der Waals surface area contributed by atoms with Gasteiger partial charge in [-0.1, -0.05) is 36.4 Å². The number of para-hydroxylation sites is 1. The normalized spacial score (nSPS) is 11.5. The fourth-order valence-corrected chi connectivity index (χ4v) is 5.08. The molecule has 0 bridgehead atoms. The third-order valence-electron chi connectivity index (χ3n) is 7.43. The number of nitrogens with zero attached hydrogens (tertiary/aromatic N) is 1. The zero-order valence-electron chi connectivity index (χ0n) is 24.8. The van der Waals surface area contributed by atoms with Crippen LogP contribution in [-0.4, -0.2) is 48.7 Å². The molecule has 0 fully saturated rings. The van der Waals surface area contributed by atoms with Crippen molar-refractivity contribution in [3.05, 3.63) is 111 Å². The number of aryl methyl sites for hydroxylation is 2. The molecule has 1 aromatic heterocycles. The Morgan fingerprint density at radius 1 is 0.884 bits per heavy atom. The van der Waals surface area contributed by atoms with Crippen molar-refractivity contribution in [2.24, 2.45) is 0 Å². The first-order chi connectivity index (χ1) is 20.7. The van der Waals surface area contributed by atoms with E-state index in [2.05, 4.69) is 0 Å². The minimum absolute atomic E-state index is 0.0648. The number of ether oxygens (including phenoxy) is 4. The summed E-state index contributed by atoms with van der Waals surface area (Å²) in [6.07, 6.45) is 0.900. The van der Waals surface area contributed by atoms with Gasteiger partial charge in [0.15, 0.2) is 11.5 Å². The number of phenolic OH excluding ortho intramolecular Hbond substituents is 1. The van der Waals surface area contributed by atoms with Crippen molar-refractivity contribution < 1.29 is 34.0 Å². The summed E-state index contributed by atoms with van der Waals surface area (Å²) in [5, 5.41) is 20.7. The summed E-state index contributed by atoms with van der Waals surface area (Å²) < 4.78 is 23.7. The number of carbonyl (C=O) groups excluding carboxylic acids is 1. The third-order valence-corrected chi connectivity index (χ3v) is 7.43. The molecule has 0 radical (unpaired) electrons. The maximum Gasteiger partial charge on any atom is 0.306 e. The lowest BCUT2D eigenvalue weighted by atomic mass is 9.87. The Kier molecular flexibility index (Phi) is 10.3. The van der Waals surface area contributed by atoms with Gasteiger partial charge in [-0.05, 0) is 60.9 Å². The van der Waals surface area contributed by atoms with E-state index in [0.717, 1.165) is 16.9 Å². The summed E-state index contributed by atoms with van der Waals surface area (Å²) in [7, 11) is 4.41. The van der Waals surface area contributed by atoms with Crippen molar-refractivity contribution in [1.82, 2.24) is 4.57 Å². The summed E-state index contributed by atoms with van der Waals surface area (Å²) in [4.78, 5) is 26.7. The predicted octanol–water partition coefficient (Wildman–Crippen LogP) is 5.14. The van der Waals surface area contributed by atoms with E-state index in [9.17, 15) is 19.8 Å². The first kappa shape index (κ1) is 31.0. The fourth-order valence-electron chi connectivity index (χ4n) is 5.08. The van der Waals surface area contributed by atoms with Gasteiger partial charge in [0.05, 0.1) is 39.9 Å². The molecule has 1 atom stereocenters. The van der Waals surface area contributed by atoms with Gasteiger partial charge in [0, 0.05) is 30.1 Å². The van der Waals surface area contributed by atoms with Crippen molar-refractivity contribution in [2.75, 3.05) is 27.9 Å². The van der Waals surface area contributed by atoms with Gasteiger partial charge < -0.3 is 33.7 Å². The molecule has 1 unspecified atom stereocenters. The number of phenols is 1. The molecular formula is C34H37NO8. The molecule has 0 amide bonds. The second kappa shape index (κ2) is 14.3. The number of hydrogen-bond donors (Lipinski definition) is 2. The number of benzene rings is 3. The average molecular weight is 588 g/mol. The lowest BCUT2D eigenvalue weighted by Crippen LogP contribution is -2.29. The van der Waals surface area contributed by atoms with Gasteiger partial charge in [-0.15, -0.1) is 0 Å². The summed E-state index contributed by atoms with van der Waals surface area (Å²) in [5.74, 6) is 0.0793. The zero-order valence-corrected chi connectivity index (χ0v) is 24.8. The minimum Gasteiger partial charge on any atom is -0.508 e. The highest BCUT2D eigenvalue weighted by molar-refractivity contribution is 5.72. The first-order valence-corrected chi connectivity index (χ1v) is 14.0. The van der Waals surface area contributed by atoms with E-state index < -0.39 is 17.4 Å². The van der Waals surface area contributed by atoms with E-state index in [-0.39, 0.29) is 23.5 Å². The molecule has 0 saturated heterocycles. The van der Waals surface area contributed by atoms with Crippen molar-refractivity contribution in [2.45, 2.75) is 38.6 Å². The van der Waals surface area contributed by atoms with Gasteiger partial charge in [-0.25, -0.2) is 0 Å². The Bertz CT molecular complexity index is 1590. The van der Waals surface area contributed by atoms with Crippen molar-refractivity contribution in [3.63, 3.8) is 0 Å². The molecule has 9 nitrogen and oxygen atoms in total. The number of rotatable bonds is 13. The predicted molar refractivity (Wildman–Crippen MR) is 163 cm³/mol. The molecule has 0 aliphatic carbocycles. The Labute approximate surface area is 250 Å². The quantitative estimate of drug-likeness (QED) is 0.207. The van der Waals surface area contributed by atoms with Gasteiger partial charge in [0.2, 0.25) is 0 Å². The van der Waals surface area contributed by atoms with Gasteiger partial charge in [0.1, 0.15) is 17.2 Å². The molecular weight excluding hydrogens is 550 g/mol. The maximum absolute atomic E-state index is 14.0. The summed E-state index contributed by atoms with van der Waals surface area (Å²) >= 11 is 0. The van der Waals surface area contributed by atoms with E-state index in [1.54, 1.807) is 61.1 Å². The molecule has 1 heterocycles. The van der Waals surface area contributed by atoms with E-state index in [1.807, 2.05) is 24.3 Å². The van der Waals surface area contributed by atoms with Gasteiger partial charge >= 0.3 is 5.97 Å². The van der Waals surface area contributed by atoms with E-state index in [1.165, 1.54) is 20.3 Å². The fraction of sp³-hybridized carbons (Fsp3) is 0.294. The molecule has 226 valence electrons. The highest BCUT2D eigenvalue weighted by Gasteiger charge is 2.30. The van der Waals surface area contributed by atoms with Crippen LogP contribution in [0, 0.1) is 6.92 Å². The largest absolute Gasteiger partial charge is 0.508 e. The van der Waals surface area contributed by atoms with Crippen molar-refractivity contribution in [1.29, 1.82) is 0 Å². The molecule has 9 heteroatoms. The lowest BCUT2D eigenvalue weighted by molar-refractivity contribution is -0.140. The van der Waals surface area contributed by atoms with Gasteiger partial charge in [-0.3, -0.25) is 9.59 Å². The summed E-state index contributed by atoms with van der Waals surface area (Å²) in [6.45, 7) is 2.37. The number of methoxy groups -OCH3 is 3. The van der Waals surface area contributed by atoms with Gasteiger partial charge in [0.25, 0.3) is 5.56 Å². The molecule has 3 aromatic carbocycles. The standard InChI is InChI=1S/C34H37NO8/c1-22-20-29(37)32(34(39)35(22)18-16-23-8-12-25(36)13-9-23)28(21-31(38)42-4)27-6-5-7-30(41-3)33(27)43-19-17-24-10-14-26(40-2)15-11-24/h5-15,20,28,36-37H,16-19,21H2,1-4H3. The van der Waals surface area contributed by atoms with E-state index in [4.69, 9.17) is 18.9 Å². The average Bonchev–Trinajstić information content (AvgIpc) is 3.01. The van der Waals surface area contributed by atoms with E-state index >= 15 is 0 Å². The van der Waals surface area contributed by atoms with Crippen LogP contribution >= 0.6 is 0 Å². The van der Waals surface area contributed by atoms with Crippen molar-refractivity contribution in [3.8, 4) is 28.7 Å². The zero-order chi connectivity index (χ0) is 30.9. The lowest BCUT2D eigenvalue weighted by Gasteiger charge is -2.23. The molecule has 4 aromatic rings. The number of aromatic hydroxyl groups is 2. The number of pyridine rings is 1. The third kappa shape index (κ3) is 7.48. The van der Waals surface area contributed by atoms with Crippen LogP contribution in [0.2, 0.25) is 0 Å². The molecule has 43 heavy (non-hydrogen) atoms. The Morgan fingerprint density at radius 3 is 2.21 bits per heavy atom. The SMILES string of the molecule is COC(=O)CC(c1cccc(OC)c1OCCc1ccc(OC)cc1)c1c(O)cc(C)n(CCc2ccc(O)cc2)c1=O. The Balaban J connectivity index is 1.72. The maximum atomic E-state index is 14.0. The summed E-state index contributed by atoms with van der Waals surface area (Å²) in [6, 6.07) is 21.2. The smallest absolute Gasteiger partial charge is 0.306 e. The minimum atomic E-state index is -0.883. The van der Waals surface area contributed by atoms with Crippen LogP contribution < -0.4 is 19.8 Å². The van der Waals surface area contributed by atoms with Crippen LogP contribution in [0.1, 0.15) is 40.3 Å². The van der Waals surface area contributed by atoms with Gasteiger partial charge in [-0.2, -0.15) is 0 Å². The Morgan fingerprint density at radius 2 is 1.56 bits per heavy atom. The summed E-state index contributed by atoms with van der Waals surface area (Å²) in [5.41, 5.74) is 2.71. The second-order valence-corrected chi connectivity index (χ2v) is 10.1. The molecule has 0 saturated carbocycles. The van der Waals surface area contributed by atoms with Crippen LogP contribution in [0.15, 0.2) is 77.6 Å². The molecule has 0 aliphatic rings. The van der Waals surface area contributed by atoms with E-state index in [0.29, 0.717) is 48.7 Å². The molecule has 0 aliphatic heterocycles. The number of aromatic nitrogens is 1. The van der Waals surface area contributed by atoms with Crippen molar-refractivity contribution >= 4 is 5.97 Å².